The van der Waals surface area contributed by atoms with Crippen LogP contribution < -0.4 is 5.32 Å². The number of carbonyl (C=O) groups is 1. The van der Waals surface area contributed by atoms with Crippen molar-refractivity contribution in [1.82, 2.24) is 4.98 Å². The summed E-state index contributed by atoms with van der Waals surface area (Å²) in [5.41, 5.74) is 3.82. The van der Waals surface area contributed by atoms with Gasteiger partial charge in [0.05, 0.1) is 12.1 Å². The summed E-state index contributed by atoms with van der Waals surface area (Å²) in [6, 6.07) is 5.92. The molecule has 0 aliphatic carbocycles. The zero-order valence-corrected chi connectivity index (χ0v) is 10.8. The fraction of sp³-hybridized carbons (Fsp3) is 0.286. The van der Waals surface area contributed by atoms with Gasteiger partial charge in [-0.25, -0.2) is 4.98 Å². The molecule has 0 radical (unpaired) electrons. The van der Waals surface area contributed by atoms with Crippen LogP contribution in [0.4, 0.5) is 5.69 Å². The molecule has 1 heterocycles. The summed E-state index contributed by atoms with van der Waals surface area (Å²) in [6.45, 7) is 5.82. The SMILES string of the molecule is Cc1ccc(NC(=O)Cc2ocnc2C)c(C)c1. The Kier molecular flexibility index (Phi) is 3.46. The molecule has 0 saturated heterocycles. The minimum absolute atomic E-state index is 0.0956. The molecule has 1 amide bonds. The molecular weight excluding hydrogens is 228 g/mol. The second-order valence-corrected chi connectivity index (χ2v) is 4.40. The molecule has 2 aromatic rings. The fourth-order valence-electron chi connectivity index (χ4n) is 1.79. The minimum atomic E-state index is -0.0956. The summed E-state index contributed by atoms with van der Waals surface area (Å²) < 4.78 is 5.15. The summed E-state index contributed by atoms with van der Waals surface area (Å²) in [7, 11) is 0. The maximum absolute atomic E-state index is 11.9. The number of nitrogens with zero attached hydrogens (tertiary/aromatic N) is 1. The molecule has 0 aliphatic rings. The molecule has 0 spiro atoms. The third-order valence-electron chi connectivity index (χ3n) is 2.82. The van der Waals surface area contributed by atoms with Crippen LogP contribution >= 0.6 is 0 Å². The van der Waals surface area contributed by atoms with E-state index in [1.165, 1.54) is 12.0 Å². The van der Waals surface area contributed by atoms with Crippen LogP contribution in [0.3, 0.4) is 0 Å². The molecule has 0 aliphatic heterocycles. The first-order valence-electron chi connectivity index (χ1n) is 5.82. The molecule has 94 valence electrons. The molecule has 1 N–H and O–H groups in total. The highest BCUT2D eigenvalue weighted by molar-refractivity contribution is 5.92. The number of oxazole rings is 1. The third-order valence-corrected chi connectivity index (χ3v) is 2.82. The van der Waals surface area contributed by atoms with E-state index in [4.69, 9.17) is 4.42 Å². The second-order valence-electron chi connectivity index (χ2n) is 4.40. The topological polar surface area (TPSA) is 55.1 Å². The maximum Gasteiger partial charge on any atom is 0.232 e. The number of amides is 1. The number of nitrogens with one attached hydrogen (secondary N) is 1. The van der Waals surface area contributed by atoms with Crippen molar-refractivity contribution in [2.24, 2.45) is 0 Å². The van der Waals surface area contributed by atoms with E-state index in [0.717, 1.165) is 16.9 Å². The number of hydrogen-bond acceptors (Lipinski definition) is 3. The quantitative estimate of drug-likeness (QED) is 0.903. The molecule has 1 aromatic carbocycles. The fourth-order valence-corrected chi connectivity index (χ4v) is 1.79. The van der Waals surface area contributed by atoms with Gasteiger partial charge in [0.2, 0.25) is 5.91 Å². The number of aromatic nitrogens is 1. The molecule has 4 nitrogen and oxygen atoms in total. The van der Waals surface area contributed by atoms with Gasteiger partial charge in [-0.2, -0.15) is 0 Å². The van der Waals surface area contributed by atoms with Crippen LogP contribution in [0.2, 0.25) is 0 Å². The zero-order chi connectivity index (χ0) is 13.1. The van der Waals surface area contributed by atoms with E-state index in [0.29, 0.717) is 5.76 Å². The Morgan fingerprint density at radius 1 is 1.33 bits per heavy atom. The molecule has 0 saturated carbocycles. The number of benzene rings is 1. The first-order valence-corrected chi connectivity index (χ1v) is 5.82. The Morgan fingerprint density at radius 2 is 2.11 bits per heavy atom. The van der Waals surface area contributed by atoms with Crippen molar-refractivity contribution in [2.75, 3.05) is 5.32 Å². The van der Waals surface area contributed by atoms with Crippen LogP contribution in [0.25, 0.3) is 0 Å². The Labute approximate surface area is 106 Å². The van der Waals surface area contributed by atoms with Crippen LogP contribution in [0, 0.1) is 20.8 Å². The first kappa shape index (κ1) is 12.4. The van der Waals surface area contributed by atoms with Crippen LogP contribution in [-0.4, -0.2) is 10.9 Å². The lowest BCUT2D eigenvalue weighted by Gasteiger charge is -2.08. The van der Waals surface area contributed by atoms with Crippen LogP contribution in [-0.2, 0) is 11.2 Å². The molecule has 18 heavy (non-hydrogen) atoms. The van der Waals surface area contributed by atoms with Gasteiger partial charge in [0.15, 0.2) is 6.39 Å². The molecule has 0 fully saturated rings. The van der Waals surface area contributed by atoms with E-state index < -0.39 is 0 Å². The van der Waals surface area contributed by atoms with Crippen LogP contribution in [0.15, 0.2) is 29.0 Å². The molecule has 0 bridgehead atoms. The average Bonchev–Trinajstić information content (AvgIpc) is 2.69. The summed E-state index contributed by atoms with van der Waals surface area (Å²) in [5, 5.41) is 2.88. The predicted octanol–water partition coefficient (Wildman–Crippen LogP) is 2.78. The van der Waals surface area contributed by atoms with Gasteiger partial charge in [-0.3, -0.25) is 4.79 Å². The molecule has 0 atom stereocenters. The van der Waals surface area contributed by atoms with E-state index >= 15 is 0 Å². The summed E-state index contributed by atoms with van der Waals surface area (Å²) in [6.07, 6.45) is 1.56. The number of anilines is 1. The normalized spacial score (nSPS) is 10.4. The van der Waals surface area contributed by atoms with Gasteiger partial charge in [0, 0.05) is 5.69 Å². The smallest absolute Gasteiger partial charge is 0.232 e. The Hall–Kier alpha value is -2.10. The van der Waals surface area contributed by atoms with Gasteiger partial charge in [-0.1, -0.05) is 17.7 Å². The average molecular weight is 244 g/mol. The number of aryl methyl sites for hydroxylation is 3. The van der Waals surface area contributed by atoms with Crippen molar-refractivity contribution in [1.29, 1.82) is 0 Å². The number of hydrogen-bond donors (Lipinski definition) is 1. The summed E-state index contributed by atoms with van der Waals surface area (Å²) in [5.74, 6) is 0.513. The zero-order valence-electron chi connectivity index (χ0n) is 10.8. The Balaban J connectivity index is 2.05. The van der Waals surface area contributed by atoms with Gasteiger partial charge < -0.3 is 9.73 Å². The number of carbonyl (C=O) groups excluding carboxylic acids is 1. The van der Waals surface area contributed by atoms with Crippen LogP contribution in [0.1, 0.15) is 22.6 Å². The highest BCUT2D eigenvalue weighted by Gasteiger charge is 2.11. The van der Waals surface area contributed by atoms with E-state index in [-0.39, 0.29) is 12.3 Å². The Morgan fingerprint density at radius 3 is 2.72 bits per heavy atom. The van der Waals surface area contributed by atoms with E-state index in [9.17, 15) is 4.79 Å². The molecule has 4 heteroatoms. The first-order chi connectivity index (χ1) is 8.56. The van der Waals surface area contributed by atoms with Crippen LogP contribution in [0.5, 0.6) is 0 Å². The monoisotopic (exact) mass is 244 g/mol. The van der Waals surface area contributed by atoms with Gasteiger partial charge in [-0.15, -0.1) is 0 Å². The minimum Gasteiger partial charge on any atom is -0.448 e. The second kappa shape index (κ2) is 5.04. The standard InChI is InChI=1S/C14H16N2O2/c1-9-4-5-12(10(2)6-9)16-14(17)7-13-11(3)15-8-18-13/h4-6,8H,7H2,1-3H3,(H,16,17). The van der Waals surface area contributed by atoms with Crippen molar-refractivity contribution in [2.45, 2.75) is 27.2 Å². The van der Waals surface area contributed by atoms with Crippen molar-refractivity contribution < 1.29 is 9.21 Å². The van der Waals surface area contributed by atoms with Gasteiger partial charge in [0.25, 0.3) is 0 Å². The summed E-state index contributed by atoms with van der Waals surface area (Å²) in [4.78, 5) is 15.8. The van der Waals surface area contributed by atoms with Gasteiger partial charge >= 0.3 is 0 Å². The van der Waals surface area contributed by atoms with Crippen molar-refractivity contribution >= 4 is 11.6 Å². The molecular formula is C14H16N2O2. The highest BCUT2D eigenvalue weighted by Crippen LogP contribution is 2.16. The highest BCUT2D eigenvalue weighted by atomic mass is 16.3. The van der Waals surface area contributed by atoms with E-state index in [1.54, 1.807) is 0 Å². The largest absolute Gasteiger partial charge is 0.448 e. The van der Waals surface area contributed by atoms with Gasteiger partial charge in [-0.05, 0) is 32.4 Å². The van der Waals surface area contributed by atoms with Crippen molar-refractivity contribution in [3.05, 3.63) is 47.2 Å². The van der Waals surface area contributed by atoms with Gasteiger partial charge in [0.1, 0.15) is 5.76 Å². The predicted molar refractivity (Wildman–Crippen MR) is 69.5 cm³/mol. The van der Waals surface area contributed by atoms with Crippen molar-refractivity contribution in [3.8, 4) is 0 Å². The Bertz CT molecular complexity index is 573. The maximum atomic E-state index is 11.9. The molecule has 0 unspecified atom stereocenters. The third kappa shape index (κ3) is 2.77. The van der Waals surface area contributed by atoms with E-state index in [2.05, 4.69) is 10.3 Å². The van der Waals surface area contributed by atoms with E-state index in [1.807, 2.05) is 39.0 Å². The summed E-state index contributed by atoms with van der Waals surface area (Å²) >= 11 is 0. The molecule has 1 aromatic heterocycles. The lowest BCUT2D eigenvalue weighted by molar-refractivity contribution is -0.115. The lowest BCUT2D eigenvalue weighted by Crippen LogP contribution is -2.15. The lowest BCUT2D eigenvalue weighted by atomic mass is 10.1. The molecule has 2 rings (SSSR count). The van der Waals surface area contributed by atoms with Crippen molar-refractivity contribution in [3.63, 3.8) is 0 Å². The number of rotatable bonds is 3.